The van der Waals surface area contributed by atoms with E-state index in [4.69, 9.17) is 9.26 Å². The lowest BCUT2D eigenvalue weighted by atomic mass is 9.91. The number of methoxy groups -OCH3 is 1. The van der Waals surface area contributed by atoms with Crippen LogP contribution in [-0.4, -0.2) is 58.4 Å². The van der Waals surface area contributed by atoms with Gasteiger partial charge in [-0.2, -0.15) is 4.98 Å². The molecule has 3 atom stereocenters. The number of ether oxygens (including phenoxy) is 1. The quantitative estimate of drug-likeness (QED) is 0.785. The lowest BCUT2D eigenvalue weighted by Gasteiger charge is -2.37. The first kappa shape index (κ1) is 17.9. The van der Waals surface area contributed by atoms with E-state index >= 15 is 0 Å². The van der Waals surface area contributed by atoms with Crippen LogP contribution in [0.3, 0.4) is 0 Å². The summed E-state index contributed by atoms with van der Waals surface area (Å²) in [7, 11) is 1.67. The Bertz CT molecular complexity index is 752. The Labute approximate surface area is 158 Å². The van der Waals surface area contributed by atoms with Crippen molar-refractivity contribution in [3.8, 4) is 11.4 Å². The van der Waals surface area contributed by atoms with Crippen molar-refractivity contribution in [2.75, 3.05) is 20.3 Å². The molecule has 0 saturated carbocycles. The molecule has 0 spiro atoms. The average Bonchev–Trinajstić information content (AvgIpc) is 3.29. The highest BCUT2D eigenvalue weighted by atomic mass is 16.5. The second-order valence-electron chi connectivity index (χ2n) is 7.24. The molecule has 8 heteroatoms. The molecule has 2 aromatic rings. The maximum Gasteiger partial charge on any atom is 0.317 e. The first-order valence-electron chi connectivity index (χ1n) is 9.55. The molecule has 0 radical (unpaired) electrons. The zero-order chi connectivity index (χ0) is 18.6. The van der Waals surface area contributed by atoms with Crippen molar-refractivity contribution in [3.63, 3.8) is 0 Å². The highest BCUT2D eigenvalue weighted by molar-refractivity contribution is 5.75. The molecule has 2 fully saturated rings. The Balaban J connectivity index is 1.39. The summed E-state index contributed by atoms with van der Waals surface area (Å²) < 4.78 is 10.6. The molecule has 0 aromatic carbocycles. The third kappa shape index (κ3) is 3.80. The second kappa shape index (κ2) is 8.04. The molecule has 2 aromatic heterocycles. The van der Waals surface area contributed by atoms with E-state index in [0.29, 0.717) is 24.9 Å². The summed E-state index contributed by atoms with van der Waals surface area (Å²) in [6, 6.07) is 4.30. The van der Waals surface area contributed by atoms with Gasteiger partial charge >= 0.3 is 6.03 Å². The highest BCUT2D eigenvalue weighted by Gasteiger charge is 2.45. The van der Waals surface area contributed by atoms with Gasteiger partial charge < -0.3 is 19.5 Å². The van der Waals surface area contributed by atoms with Crippen molar-refractivity contribution in [2.45, 2.75) is 50.1 Å². The molecule has 144 valence electrons. The Morgan fingerprint density at radius 2 is 2.19 bits per heavy atom. The molecule has 8 nitrogen and oxygen atoms in total. The summed E-state index contributed by atoms with van der Waals surface area (Å²) in [5.41, 5.74) is 0.850. The molecule has 2 aliphatic heterocycles. The van der Waals surface area contributed by atoms with Crippen LogP contribution >= 0.6 is 0 Å². The number of carbonyl (C=O) groups excluding carboxylic acids is 1. The van der Waals surface area contributed by atoms with Gasteiger partial charge in [-0.3, -0.25) is 4.98 Å². The van der Waals surface area contributed by atoms with Gasteiger partial charge in [0.1, 0.15) is 0 Å². The first-order chi connectivity index (χ1) is 13.3. The average molecular weight is 371 g/mol. The number of urea groups is 1. The molecule has 4 heterocycles. The van der Waals surface area contributed by atoms with Crippen LogP contribution in [0.5, 0.6) is 0 Å². The number of carbonyl (C=O) groups is 1. The molecular weight excluding hydrogens is 346 g/mol. The van der Waals surface area contributed by atoms with Gasteiger partial charge in [0.25, 0.3) is 0 Å². The molecule has 2 saturated heterocycles. The van der Waals surface area contributed by atoms with Gasteiger partial charge in [0.05, 0.1) is 0 Å². The molecule has 2 bridgehead atoms. The van der Waals surface area contributed by atoms with Crippen LogP contribution in [-0.2, 0) is 4.74 Å². The van der Waals surface area contributed by atoms with Crippen LogP contribution < -0.4 is 5.32 Å². The Morgan fingerprint density at radius 3 is 2.89 bits per heavy atom. The summed E-state index contributed by atoms with van der Waals surface area (Å²) in [4.78, 5) is 23.3. The normalized spacial score (nSPS) is 24.2. The van der Waals surface area contributed by atoms with Crippen molar-refractivity contribution in [3.05, 3.63) is 30.4 Å². The predicted octanol–water partition coefficient (Wildman–Crippen LogP) is 2.59. The van der Waals surface area contributed by atoms with E-state index < -0.39 is 0 Å². The van der Waals surface area contributed by atoms with E-state index in [1.807, 2.05) is 17.0 Å². The largest absolute Gasteiger partial charge is 0.385 e. The molecule has 2 amide bonds. The van der Waals surface area contributed by atoms with Crippen molar-refractivity contribution in [1.82, 2.24) is 25.3 Å². The van der Waals surface area contributed by atoms with E-state index in [1.54, 1.807) is 19.5 Å². The third-order valence-electron chi connectivity index (χ3n) is 5.48. The zero-order valence-corrected chi connectivity index (χ0v) is 15.5. The minimum atomic E-state index is 0.0404. The smallest absolute Gasteiger partial charge is 0.317 e. The SMILES string of the molecule is COCCCNC(=O)N1[C@@H]2CC[C@H]1CC(c1nc(-c3cccnc3)no1)C2. The summed E-state index contributed by atoms with van der Waals surface area (Å²) in [5.74, 6) is 1.45. The van der Waals surface area contributed by atoms with Gasteiger partial charge in [-0.05, 0) is 44.2 Å². The number of fused-ring (bicyclic) bond motifs is 2. The Kier molecular flexibility index (Phi) is 5.33. The van der Waals surface area contributed by atoms with E-state index in [2.05, 4.69) is 20.4 Å². The van der Waals surface area contributed by atoms with Gasteiger partial charge in [-0.25, -0.2) is 4.79 Å². The number of nitrogens with one attached hydrogen (secondary N) is 1. The molecule has 1 unspecified atom stereocenters. The second-order valence-corrected chi connectivity index (χ2v) is 7.24. The van der Waals surface area contributed by atoms with E-state index in [0.717, 1.165) is 37.7 Å². The van der Waals surface area contributed by atoms with Crippen molar-refractivity contribution in [2.24, 2.45) is 0 Å². The fraction of sp³-hybridized carbons (Fsp3) is 0.579. The van der Waals surface area contributed by atoms with Gasteiger partial charge in [0.2, 0.25) is 11.7 Å². The third-order valence-corrected chi connectivity index (χ3v) is 5.48. The number of aromatic nitrogens is 3. The van der Waals surface area contributed by atoms with E-state index in [-0.39, 0.29) is 24.0 Å². The predicted molar refractivity (Wildman–Crippen MR) is 98.0 cm³/mol. The number of nitrogens with zero attached hydrogens (tertiary/aromatic N) is 4. The summed E-state index contributed by atoms with van der Waals surface area (Å²) in [5, 5.41) is 7.13. The maximum absolute atomic E-state index is 12.6. The number of piperidine rings is 1. The molecular formula is C19H25N5O3. The standard InChI is InChI=1S/C19H25N5O3/c1-26-9-3-8-21-19(25)24-15-5-6-16(24)11-14(10-15)18-22-17(23-27-18)13-4-2-7-20-12-13/h2,4,7,12,14-16H,3,5-6,8-11H2,1H3,(H,21,25)/t14?,15-,16+. The van der Waals surface area contributed by atoms with Gasteiger partial charge in [0, 0.05) is 56.2 Å². The molecule has 27 heavy (non-hydrogen) atoms. The summed E-state index contributed by atoms with van der Waals surface area (Å²) in [6.07, 6.45) is 8.10. The number of rotatable bonds is 6. The number of amides is 2. The van der Waals surface area contributed by atoms with Gasteiger partial charge in [0.15, 0.2) is 0 Å². The Morgan fingerprint density at radius 1 is 1.37 bits per heavy atom. The maximum atomic E-state index is 12.6. The van der Waals surface area contributed by atoms with Gasteiger partial charge in [-0.1, -0.05) is 5.16 Å². The fourth-order valence-electron chi connectivity index (χ4n) is 4.23. The van der Waals surface area contributed by atoms with Crippen LogP contribution in [0.4, 0.5) is 4.79 Å². The lowest BCUT2D eigenvalue weighted by molar-refractivity contribution is 0.129. The number of pyridine rings is 1. The van der Waals surface area contributed by atoms with E-state index in [1.165, 1.54) is 0 Å². The summed E-state index contributed by atoms with van der Waals surface area (Å²) in [6.45, 7) is 1.30. The highest BCUT2D eigenvalue weighted by Crippen LogP contribution is 2.42. The Hall–Kier alpha value is -2.48. The van der Waals surface area contributed by atoms with Crippen LogP contribution in [0, 0.1) is 0 Å². The molecule has 4 rings (SSSR count). The monoisotopic (exact) mass is 371 g/mol. The van der Waals surface area contributed by atoms with Crippen LogP contribution in [0.1, 0.15) is 43.9 Å². The van der Waals surface area contributed by atoms with Crippen LogP contribution in [0.2, 0.25) is 0 Å². The van der Waals surface area contributed by atoms with Gasteiger partial charge in [-0.15, -0.1) is 0 Å². The number of hydrogen-bond acceptors (Lipinski definition) is 6. The van der Waals surface area contributed by atoms with Crippen molar-refractivity contribution >= 4 is 6.03 Å². The lowest BCUT2D eigenvalue weighted by Crippen LogP contribution is -2.50. The zero-order valence-electron chi connectivity index (χ0n) is 15.5. The van der Waals surface area contributed by atoms with Crippen LogP contribution in [0.25, 0.3) is 11.4 Å². The minimum Gasteiger partial charge on any atom is -0.385 e. The molecule has 1 N–H and O–H groups in total. The first-order valence-corrected chi connectivity index (χ1v) is 9.55. The molecule has 0 aliphatic carbocycles. The van der Waals surface area contributed by atoms with Crippen molar-refractivity contribution < 1.29 is 14.1 Å². The van der Waals surface area contributed by atoms with Crippen LogP contribution in [0.15, 0.2) is 29.0 Å². The van der Waals surface area contributed by atoms with Crippen molar-refractivity contribution in [1.29, 1.82) is 0 Å². The fourth-order valence-corrected chi connectivity index (χ4v) is 4.23. The topological polar surface area (TPSA) is 93.4 Å². The minimum absolute atomic E-state index is 0.0404. The number of hydrogen-bond donors (Lipinski definition) is 1. The van der Waals surface area contributed by atoms with E-state index in [9.17, 15) is 4.79 Å². The summed E-state index contributed by atoms with van der Waals surface area (Å²) >= 11 is 0. The molecule has 2 aliphatic rings.